The summed E-state index contributed by atoms with van der Waals surface area (Å²) in [7, 11) is 0. The third-order valence-electron chi connectivity index (χ3n) is 7.05. The highest BCUT2D eigenvalue weighted by molar-refractivity contribution is 5.87. The lowest BCUT2D eigenvalue weighted by atomic mass is 9.65. The molecular formula is C24H38O12. The lowest BCUT2D eigenvalue weighted by Crippen LogP contribution is -2.62. The van der Waals surface area contributed by atoms with Crippen LogP contribution in [0.25, 0.3) is 0 Å². The number of carbonyl (C=O) groups is 1. The highest BCUT2D eigenvalue weighted by Crippen LogP contribution is 2.48. The average molecular weight is 519 g/mol. The van der Waals surface area contributed by atoms with E-state index in [1.807, 2.05) is 13.8 Å². The second kappa shape index (κ2) is 10.9. The van der Waals surface area contributed by atoms with Crippen LogP contribution in [-0.2, 0) is 23.7 Å². The van der Waals surface area contributed by atoms with Crippen LogP contribution < -0.4 is 0 Å². The van der Waals surface area contributed by atoms with Gasteiger partial charge in [-0.2, -0.15) is 0 Å². The van der Waals surface area contributed by atoms with E-state index in [-0.39, 0.29) is 18.8 Å². The van der Waals surface area contributed by atoms with E-state index in [2.05, 4.69) is 5.73 Å². The maximum Gasteiger partial charge on any atom is 0.187 e. The van der Waals surface area contributed by atoms with Gasteiger partial charge in [0.2, 0.25) is 0 Å². The number of aliphatic hydroxyl groups excluding tert-OH is 6. The molecule has 3 aliphatic rings. The van der Waals surface area contributed by atoms with Crippen LogP contribution in [0.1, 0.15) is 40.5 Å². The summed E-state index contributed by atoms with van der Waals surface area (Å²) < 4.78 is 22.5. The largest absolute Gasteiger partial charge is 0.393 e. The normalized spacial score (nSPS) is 44.8. The molecule has 0 aromatic carbocycles. The zero-order chi connectivity index (χ0) is 27.1. The molecule has 3 rings (SSSR count). The number of ketones is 1. The third-order valence-corrected chi connectivity index (χ3v) is 7.05. The average Bonchev–Trinajstić information content (AvgIpc) is 3.06. The SMILES string of the molecule is CC(=O)C=C=C1C(C)(C)CC(O)CC1(C)OC1OC(COC2OCC(O)(CO)C2O)C(O)C(O)C1O. The first-order valence-electron chi connectivity index (χ1n) is 11.9. The highest BCUT2D eigenvalue weighted by Gasteiger charge is 2.53. The van der Waals surface area contributed by atoms with Gasteiger partial charge in [0, 0.05) is 18.1 Å². The molecule has 2 heterocycles. The maximum atomic E-state index is 11.6. The molecule has 36 heavy (non-hydrogen) atoms. The molecule has 2 aliphatic heterocycles. The van der Waals surface area contributed by atoms with Gasteiger partial charge < -0.3 is 54.7 Å². The van der Waals surface area contributed by atoms with Crippen molar-refractivity contribution in [2.75, 3.05) is 19.8 Å². The molecule has 0 bridgehead atoms. The lowest BCUT2D eigenvalue weighted by Gasteiger charge is -2.50. The number of rotatable bonds is 7. The van der Waals surface area contributed by atoms with Gasteiger partial charge in [0.15, 0.2) is 18.4 Å². The molecule has 206 valence electrons. The van der Waals surface area contributed by atoms with Crippen LogP contribution in [0.4, 0.5) is 0 Å². The summed E-state index contributed by atoms with van der Waals surface area (Å²) in [6, 6.07) is 0. The first-order valence-corrected chi connectivity index (χ1v) is 11.9. The molecule has 2 saturated heterocycles. The van der Waals surface area contributed by atoms with Crippen molar-refractivity contribution < 1.29 is 59.5 Å². The Morgan fingerprint density at radius 2 is 1.75 bits per heavy atom. The van der Waals surface area contributed by atoms with Crippen molar-refractivity contribution in [3.8, 4) is 0 Å². The van der Waals surface area contributed by atoms with Gasteiger partial charge >= 0.3 is 0 Å². The molecule has 0 aromatic rings. The Bertz CT molecular complexity index is 869. The Balaban J connectivity index is 1.79. The van der Waals surface area contributed by atoms with Crippen LogP contribution in [-0.4, -0.2) is 122 Å². The summed E-state index contributed by atoms with van der Waals surface area (Å²) in [5.74, 6) is -0.235. The van der Waals surface area contributed by atoms with Crippen LogP contribution in [0, 0.1) is 5.41 Å². The predicted octanol–water partition coefficient (Wildman–Crippen LogP) is -2.12. The van der Waals surface area contributed by atoms with Gasteiger partial charge in [0.1, 0.15) is 36.1 Å². The van der Waals surface area contributed by atoms with Crippen molar-refractivity contribution in [2.45, 2.75) is 101 Å². The van der Waals surface area contributed by atoms with Crippen molar-refractivity contribution in [1.29, 1.82) is 0 Å². The molecule has 1 aliphatic carbocycles. The molecule has 0 spiro atoms. The van der Waals surface area contributed by atoms with Crippen molar-refractivity contribution in [2.24, 2.45) is 5.41 Å². The number of hydrogen-bond donors (Lipinski definition) is 7. The first-order chi connectivity index (χ1) is 16.6. The van der Waals surface area contributed by atoms with Crippen molar-refractivity contribution in [1.82, 2.24) is 0 Å². The van der Waals surface area contributed by atoms with Gasteiger partial charge in [-0.1, -0.05) is 13.8 Å². The van der Waals surface area contributed by atoms with E-state index in [9.17, 15) is 40.5 Å². The fourth-order valence-corrected chi connectivity index (χ4v) is 5.19. The summed E-state index contributed by atoms with van der Waals surface area (Å²) in [6.07, 6.45) is -9.58. The Morgan fingerprint density at radius 1 is 1.08 bits per heavy atom. The Hall–Kier alpha value is -1.25. The second-order valence-electron chi connectivity index (χ2n) is 10.8. The zero-order valence-corrected chi connectivity index (χ0v) is 20.9. The minimum Gasteiger partial charge on any atom is -0.393 e. The van der Waals surface area contributed by atoms with Crippen molar-refractivity contribution in [3.05, 3.63) is 17.4 Å². The van der Waals surface area contributed by atoms with Crippen LogP contribution in [0.5, 0.6) is 0 Å². The van der Waals surface area contributed by atoms with Gasteiger partial charge in [-0.15, -0.1) is 5.73 Å². The maximum absolute atomic E-state index is 11.6. The minimum absolute atomic E-state index is 0.0960. The van der Waals surface area contributed by atoms with Crippen LogP contribution in [0.2, 0.25) is 0 Å². The fourth-order valence-electron chi connectivity index (χ4n) is 5.19. The summed E-state index contributed by atoms with van der Waals surface area (Å²) >= 11 is 0. The minimum atomic E-state index is -1.91. The quantitative estimate of drug-likeness (QED) is 0.143. The van der Waals surface area contributed by atoms with Gasteiger partial charge in [-0.05, 0) is 25.7 Å². The topological polar surface area (TPSA) is 196 Å². The van der Waals surface area contributed by atoms with E-state index in [4.69, 9.17) is 18.9 Å². The molecule has 0 aromatic heterocycles. The summed E-state index contributed by atoms with van der Waals surface area (Å²) in [4.78, 5) is 11.6. The number of carbonyl (C=O) groups excluding carboxylic acids is 1. The zero-order valence-electron chi connectivity index (χ0n) is 20.9. The molecule has 10 atom stereocenters. The highest BCUT2D eigenvalue weighted by atomic mass is 16.7. The predicted molar refractivity (Wildman–Crippen MR) is 121 cm³/mol. The molecule has 10 unspecified atom stereocenters. The third kappa shape index (κ3) is 5.91. The smallest absolute Gasteiger partial charge is 0.187 e. The van der Waals surface area contributed by atoms with Crippen molar-refractivity contribution in [3.63, 3.8) is 0 Å². The second-order valence-corrected chi connectivity index (χ2v) is 10.8. The van der Waals surface area contributed by atoms with E-state index in [1.54, 1.807) is 6.92 Å². The molecule has 3 fully saturated rings. The molecule has 7 N–H and O–H groups in total. The van der Waals surface area contributed by atoms with E-state index in [0.717, 1.165) is 0 Å². The molecule has 1 saturated carbocycles. The first kappa shape index (κ1) is 29.3. The fraction of sp³-hybridized carbons (Fsp3) is 0.833. The van der Waals surface area contributed by atoms with Crippen LogP contribution in [0.3, 0.4) is 0 Å². The van der Waals surface area contributed by atoms with E-state index in [1.165, 1.54) is 13.0 Å². The monoisotopic (exact) mass is 518 g/mol. The van der Waals surface area contributed by atoms with Gasteiger partial charge in [-0.3, -0.25) is 4.79 Å². The molecule has 0 radical (unpaired) electrons. The summed E-state index contributed by atoms with van der Waals surface area (Å²) in [5.41, 5.74) is -0.245. The van der Waals surface area contributed by atoms with Crippen LogP contribution >= 0.6 is 0 Å². The Kier molecular flexibility index (Phi) is 8.84. The van der Waals surface area contributed by atoms with E-state index < -0.39 is 79.0 Å². The van der Waals surface area contributed by atoms with Gasteiger partial charge in [0.05, 0.1) is 31.5 Å². The Labute approximate surface area is 209 Å². The summed E-state index contributed by atoms with van der Waals surface area (Å²) in [5, 5.41) is 71.6. The lowest BCUT2D eigenvalue weighted by molar-refractivity contribution is -0.331. The van der Waals surface area contributed by atoms with Gasteiger partial charge in [-0.25, -0.2) is 0 Å². The van der Waals surface area contributed by atoms with Crippen molar-refractivity contribution >= 4 is 5.78 Å². The van der Waals surface area contributed by atoms with E-state index in [0.29, 0.717) is 12.0 Å². The molecular weight excluding hydrogens is 480 g/mol. The van der Waals surface area contributed by atoms with Crippen LogP contribution in [0.15, 0.2) is 17.4 Å². The number of ether oxygens (including phenoxy) is 4. The van der Waals surface area contributed by atoms with Gasteiger partial charge in [0.25, 0.3) is 0 Å². The number of hydrogen-bond acceptors (Lipinski definition) is 12. The standard InChI is InChI=1S/C24H38O12/c1-12(26)5-6-15-22(2,3)7-13(27)8-23(15,4)36-20-18(30)17(29)16(28)14(35-20)9-33-21-19(31)24(32,10-25)11-34-21/h5,13-14,16-21,25,27-32H,7-11H2,1-4H3. The number of aliphatic hydroxyl groups is 7. The molecule has 0 amide bonds. The molecule has 12 heteroatoms. The Morgan fingerprint density at radius 3 is 2.33 bits per heavy atom. The molecule has 12 nitrogen and oxygen atoms in total. The van der Waals surface area contributed by atoms with E-state index >= 15 is 0 Å². The summed E-state index contributed by atoms with van der Waals surface area (Å²) in [6.45, 7) is 5.19.